The Morgan fingerprint density at radius 1 is 1.35 bits per heavy atom. The minimum absolute atomic E-state index is 0.119. The van der Waals surface area contributed by atoms with Crippen LogP contribution in [-0.2, 0) is 10.4 Å². The number of hydrogen-bond acceptors (Lipinski definition) is 5. The van der Waals surface area contributed by atoms with E-state index in [9.17, 15) is 5.11 Å². The van der Waals surface area contributed by atoms with E-state index in [0.717, 1.165) is 5.69 Å². The largest absolute Gasteiger partial charge is 0.726 e. The van der Waals surface area contributed by atoms with Crippen molar-refractivity contribution in [1.29, 1.82) is 0 Å². The lowest BCUT2D eigenvalue weighted by molar-refractivity contribution is -0.470. The van der Waals surface area contributed by atoms with E-state index >= 15 is 0 Å². The van der Waals surface area contributed by atoms with Gasteiger partial charge in [-0.2, -0.15) is 0 Å². The first-order valence-corrected chi connectivity index (χ1v) is 6.82. The maximum atomic E-state index is 9.51. The van der Waals surface area contributed by atoms with Gasteiger partial charge in [0.25, 0.3) is 0 Å². The van der Waals surface area contributed by atoms with E-state index in [0.29, 0.717) is 13.1 Å². The summed E-state index contributed by atoms with van der Waals surface area (Å²) in [5, 5.41) is 12.6. The topological polar surface area (TPSA) is 176 Å². The van der Waals surface area contributed by atoms with Crippen molar-refractivity contribution in [3.63, 3.8) is 0 Å². The predicted octanol–water partition coefficient (Wildman–Crippen LogP) is -3.18. The number of para-hydroxylation sites is 1. The minimum Gasteiger partial charge on any atom is -0.726 e. The molecule has 0 saturated heterocycles. The predicted molar refractivity (Wildman–Crippen MR) is 72.5 cm³/mol. The number of nitrogens with two attached hydrogens (primary N) is 2. The van der Waals surface area contributed by atoms with Gasteiger partial charge in [-0.25, -0.2) is 8.42 Å². The fourth-order valence-electron chi connectivity index (χ4n) is 1.10. The molecule has 1 atom stereocenters. The molecule has 0 radical (unpaired) electrons. The Morgan fingerprint density at radius 2 is 1.85 bits per heavy atom. The Balaban J connectivity index is 0.000000621. The van der Waals surface area contributed by atoms with E-state index in [2.05, 4.69) is 10.3 Å². The highest BCUT2D eigenvalue weighted by atomic mass is 32.3. The molecule has 1 aromatic carbocycles. The third-order valence-electron chi connectivity index (χ3n) is 1.86. The van der Waals surface area contributed by atoms with E-state index in [4.69, 9.17) is 29.0 Å². The molecule has 10 heteroatoms. The molecule has 0 heterocycles. The highest BCUT2D eigenvalue weighted by Crippen LogP contribution is 2.03. The zero-order valence-corrected chi connectivity index (χ0v) is 11.4. The number of hydrogen-bond donors (Lipinski definition) is 6. The van der Waals surface area contributed by atoms with Crippen LogP contribution in [0.4, 0.5) is 5.69 Å². The van der Waals surface area contributed by atoms with Gasteiger partial charge in [0, 0.05) is 12.2 Å². The van der Waals surface area contributed by atoms with Crippen LogP contribution in [-0.4, -0.2) is 47.8 Å². The molecule has 1 unspecified atom stereocenters. The molecule has 0 aliphatic carbocycles. The zero-order chi connectivity index (χ0) is 15.6. The summed E-state index contributed by atoms with van der Waals surface area (Å²) in [6, 6.07) is 9.66. The molecule has 0 spiro atoms. The van der Waals surface area contributed by atoms with E-state index in [1.165, 1.54) is 0 Å². The lowest BCUT2D eigenvalue weighted by atomic mass is 10.3. The summed E-state index contributed by atoms with van der Waals surface area (Å²) < 4.78 is 32.8. The van der Waals surface area contributed by atoms with Gasteiger partial charge in [0.2, 0.25) is 10.4 Å². The molecule has 1 aromatic rings. The van der Waals surface area contributed by atoms with Gasteiger partial charge in [0.1, 0.15) is 6.10 Å². The molecule has 0 amide bonds. The second-order valence-electron chi connectivity index (χ2n) is 3.66. The lowest BCUT2D eigenvalue weighted by Gasteiger charge is -2.09. The SMILES string of the molecule is NC(N)=[NH+]CC(O)CNc1ccccc1.O=S(=O)([O-])O. The molecule has 0 saturated carbocycles. The van der Waals surface area contributed by atoms with Gasteiger partial charge < -0.3 is 15.0 Å². The molecule has 1 rings (SSSR count). The summed E-state index contributed by atoms with van der Waals surface area (Å²) in [5.41, 5.74) is 11.4. The Morgan fingerprint density at radius 3 is 2.30 bits per heavy atom. The van der Waals surface area contributed by atoms with E-state index in [-0.39, 0.29) is 5.96 Å². The molecule has 0 fully saturated rings. The van der Waals surface area contributed by atoms with E-state index in [1.54, 1.807) is 0 Å². The first-order valence-electron chi connectivity index (χ1n) is 5.45. The third-order valence-corrected chi connectivity index (χ3v) is 1.86. The standard InChI is InChI=1S/C10H16N4O.H2O4S/c11-10(12)14-7-9(15)6-13-8-4-2-1-3-5-8;1-5(2,3)4/h1-5,9,13,15H,6-7H2,(H4,11,12,14);(H2,1,2,3,4). The van der Waals surface area contributed by atoms with Crippen molar-refractivity contribution >= 4 is 22.0 Å². The number of anilines is 1. The van der Waals surface area contributed by atoms with Crippen LogP contribution in [0.2, 0.25) is 0 Å². The Bertz CT molecular complexity index is 494. The Hall–Kier alpha value is -1.88. The van der Waals surface area contributed by atoms with Gasteiger partial charge >= 0.3 is 5.96 Å². The second-order valence-corrected chi connectivity index (χ2v) is 4.52. The highest BCUT2D eigenvalue weighted by molar-refractivity contribution is 7.79. The first-order chi connectivity index (χ1) is 9.18. The van der Waals surface area contributed by atoms with Crippen LogP contribution in [0.1, 0.15) is 0 Å². The smallest absolute Gasteiger partial charge is 0.338 e. The van der Waals surface area contributed by atoms with Crippen LogP contribution in [0.25, 0.3) is 0 Å². The van der Waals surface area contributed by atoms with Crippen LogP contribution < -0.4 is 21.8 Å². The molecule has 20 heavy (non-hydrogen) atoms. The monoisotopic (exact) mass is 306 g/mol. The molecule has 0 aromatic heterocycles. The normalized spacial score (nSPS) is 11.8. The quantitative estimate of drug-likeness (QED) is 0.143. The van der Waals surface area contributed by atoms with Gasteiger partial charge in [-0.1, -0.05) is 18.2 Å². The average molecular weight is 306 g/mol. The number of guanidine groups is 1. The molecular weight excluding hydrogens is 288 g/mol. The summed E-state index contributed by atoms with van der Waals surface area (Å²) in [6.45, 7) is 0.784. The summed E-state index contributed by atoms with van der Waals surface area (Å²) in [6.07, 6.45) is -0.535. The maximum absolute atomic E-state index is 9.51. The van der Waals surface area contributed by atoms with Crippen molar-refractivity contribution in [2.45, 2.75) is 6.10 Å². The summed E-state index contributed by atoms with van der Waals surface area (Å²) in [4.78, 5) is 2.66. The van der Waals surface area contributed by atoms with E-state index < -0.39 is 16.5 Å². The van der Waals surface area contributed by atoms with Crippen molar-refractivity contribution in [2.24, 2.45) is 11.5 Å². The van der Waals surface area contributed by atoms with Gasteiger partial charge in [-0.3, -0.25) is 21.0 Å². The number of rotatable bonds is 5. The van der Waals surface area contributed by atoms with Crippen LogP contribution >= 0.6 is 0 Å². The van der Waals surface area contributed by atoms with Crippen molar-refractivity contribution < 1.29 is 27.6 Å². The molecule has 0 aliphatic rings. The third kappa shape index (κ3) is 14.2. The van der Waals surface area contributed by atoms with Crippen molar-refractivity contribution in [3.8, 4) is 0 Å². The fourth-order valence-corrected chi connectivity index (χ4v) is 1.10. The Labute approximate surface area is 116 Å². The molecule has 0 bridgehead atoms. The molecule has 9 nitrogen and oxygen atoms in total. The van der Waals surface area contributed by atoms with Crippen LogP contribution in [0.3, 0.4) is 0 Å². The Kier molecular flexibility index (Phi) is 8.24. The lowest BCUT2D eigenvalue weighted by Crippen LogP contribution is -2.80. The van der Waals surface area contributed by atoms with Crippen molar-refractivity contribution in [3.05, 3.63) is 30.3 Å². The molecule has 0 aliphatic heterocycles. The van der Waals surface area contributed by atoms with Gasteiger partial charge in [-0.15, -0.1) is 0 Å². The van der Waals surface area contributed by atoms with Gasteiger partial charge in [0.15, 0.2) is 0 Å². The average Bonchev–Trinajstić information content (AvgIpc) is 2.33. The van der Waals surface area contributed by atoms with Crippen LogP contribution in [0.5, 0.6) is 0 Å². The van der Waals surface area contributed by atoms with Crippen LogP contribution in [0, 0.1) is 0 Å². The van der Waals surface area contributed by atoms with E-state index in [1.807, 2.05) is 30.3 Å². The van der Waals surface area contributed by atoms with Gasteiger partial charge in [0.05, 0.1) is 6.54 Å². The molecular formula is C10H18N4O5S. The minimum atomic E-state index is -4.92. The number of benzene rings is 1. The number of aliphatic hydroxyl groups is 1. The number of nitrogens with one attached hydrogen (secondary N) is 2. The fraction of sp³-hybridized carbons (Fsp3) is 0.300. The zero-order valence-electron chi connectivity index (χ0n) is 10.6. The highest BCUT2D eigenvalue weighted by Gasteiger charge is 2.03. The summed E-state index contributed by atoms with van der Waals surface area (Å²) >= 11 is 0. The maximum Gasteiger partial charge on any atom is 0.338 e. The first kappa shape index (κ1) is 18.1. The van der Waals surface area contributed by atoms with Crippen molar-refractivity contribution in [2.75, 3.05) is 18.4 Å². The number of aliphatic hydroxyl groups excluding tert-OH is 1. The van der Waals surface area contributed by atoms with Gasteiger partial charge in [-0.05, 0) is 12.1 Å². The van der Waals surface area contributed by atoms with Crippen LogP contribution in [0.15, 0.2) is 30.3 Å². The summed E-state index contributed by atoms with van der Waals surface area (Å²) in [7, 11) is -4.92. The second kappa shape index (κ2) is 9.09. The molecule has 8 N–H and O–H groups in total. The summed E-state index contributed by atoms with van der Waals surface area (Å²) in [5.74, 6) is 0.119. The van der Waals surface area contributed by atoms with Crippen molar-refractivity contribution in [1.82, 2.24) is 0 Å². The molecule has 114 valence electrons.